The van der Waals surface area contributed by atoms with Crippen LogP contribution >= 0.6 is 15.9 Å². The zero-order valence-corrected chi connectivity index (χ0v) is 10.8. The number of ether oxygens (including phenoxy) is 1. The fourth-order valence-corrected chi connectivity index (χ4v) is 2.33. The molecule has 4 heteroatoms. The van der Waals surface area contributed by atoms with Crippen molar-refractivity contribution in [2.45, 2.75) is 13.0 Å². The Balaban J connectivity index is 3.14. The van der Waals surface area contributed by atoms with Crippen molar-refractivity contribution >= 4 is 15.9 Å². The summed E-state index contributed by atoms with van der Waals surface area (Å²) in [5, 5.41) is 12.9. The lowest BCUT2D eigenvalue weighted by Gasteiger charge is -2.17. The number of aliphatic hydroxyl groups excluding tert-OH is 1. The van der Waals surface area contributed by atoms with Gasteiger partial charge in [-0.15, -0.1) is 0 Å². The maximum Gasteiger partial charge on any atom is 0.126 e. The van der Waals surface area contributed by atoms with Crippen LogP contribution in [0.1, 0.15) is 17.2 Å². The first-order chi connectivity index (χ1) is 7.10. The van der Waals surface area contributed by atoms with Gasteiger partial charge >= 0.3 is 0 Å². The van der Waals surface area contributed by atoms with Crippen molar-refractivity contribution in [1.82, 2.24) is 5.32 Å². The molecule has 0 radical (unpaired) electrons. The van der Waals surface area contributed by atoms with E-state index in [1.165, 1.54) is 0 Å². The van der Waals surface area contributed by atoms with Gasteiger partial charge in [-0.25, -0.2) is 0 Å². The van der Waals surface area contributed by atoms with Crippen molar-refractivity contribution in [3.8, 4) is 5.75 Å². The number of rotatable bonds is 4. The van der Waals surface area contributed by atoms with Gasteiger partial charge < -0.3 is 15.2 Å². The molecule has 1 rings (SSSR count). The minimum absolute atomic E-state index is 0.498. The van der Waals surface area contributed by atoms with Crippen LogP contribution in [0.2, 0.25) is 0 Å². The lowest BCUT2D eigenvalue weighted by atomic mass is 10.1. The highest BCUT2D eigenvalue weighted by atomic mass is 79.9. The predicted octanol–water partition coefficient (Wildman–Crippen LogP) is 2.02. The predicted molar refractivity (Wildman–Crippen MR) is 64.3 cm³/mol. The van der Waals surface area contributed by atoms with Gasteiger partial charge in [-0.05, 0) is 31.7 Å². The number of hydrogen-bond donors (Lipinski definition) is 2. The molecule has 1 unspecified atom stereocenters. The lowest BCUT2D eigenvalue weighted by Crippen LogP contribution is -2.17. The Morgan fingerprint density at radius 3 is 2.73 bits per heavy atom. The van der Waals surface area contributed by atoms with Gasteiger partial charge in [0.05, 0.1) is 13.2 Å². The Bertz CT molecular complexity index is 342. The van der Waals surface area contributed by atoms with Gasteiger partial charge in [-0.1, -0.05) is 15.9 Å². The highest BCUT2D eigenvalue weighted by molar-refractivity contribution is 9.10. The number of benzene rings is 1. The fraction of sp³-hybridized carbons (Fsp3) is 0.455. The molecule has 2 N–H and O–H groups in total. The van der Waals surface area contributed by atoms with Crippen molar-refractivity contribution < 1.29 is 9.84 Å². The fourth-order valence-electron chi connectivity index (χ4n) is 1.51. The van der Waals surface area contributed by atoms with E-state index in [0.717, 1.165) is 15.6 Å². The highest BCUT2D eigenvalue weighted by Crippen LogP contribution is 2.33. The molecular weight excluding hydrogens is 258 g/mol. The van der Waals surface area contributed by atoms with Gasteiger partial charge in [-0.2, -0.15) is 0 Å². The maximum atomic E-state index is 9.93. The topological polar surface area (TPSA) is 41.5 Å². The smallest absolute Gasteiger partial charge is 0.126 e. The van der Waals surface area contributed by atoms with Crippen LogP contribution < -0.4 is 10.1 Å². The van der Waals surface area contributed by atoms with E-state index in [1.54, 1.807) is 14.2 Å². The molecule has 0 amide bonds. The average molecular weight is 274 g/mol. The SMILES string of the molecule is CNCC(O)c1c(Br)cc(C)cc1OC. The van der Waals surface area contributed by atoms with Crippen molar-refractivity contribution in [3.05, 3.63) is 27.7 Å². The normalized spacial score (nSPS) is 12.6. The van der Waals surface area contributed by atoms with Crippen LogP contribution in [0.15, 0.2) is 16.6 Å². The van der Waals surface area contributed by atoms with Gasteiger partial charge in [0, 0.05) is 16.6 Å². The van der Waals surface area contributed by atoms with Gasteiger partial charge in [-0.3, -0.25) is 0 Å². The molecule has 1 aromatic rings. The monoisotopic (exact) mass is 273 g/mol. The maximum absolute atomic E-state index is 9.93. The van der Waals surface area contributed by atoms with Crippen LogP contribution in [-0.4, -0.2) is 25.8 Å². The molecule has 0 heterocycles. The summed E-state index contributed by atoms with van der Waals surface area (Å²) < 4.78 is 6.13. The largest absolute Gasteiger partial charge is 0.496 e. The molecule has 3 nitrogen and oxygen atoms in total. The van der Waals surface area contributed by atoms with E-state index in [2.05, 4.69) is 21.2 Å². The number of halogens is 1. The van der Waals surface area contributed by atoms with Crippen LogP contribution in [0.5, 0.6) is 5.75 Å². The zero-order chi connectivity index (χ0) is 11.4. The van der Waals surface area contributed by atoms with Crippen LogP contribution in [0, 0.1) is 6.92 Å². The molecule has 0 aromatic heterocycles. The quantitative estimate of drug-likeness (QED) is 0.882. The highest BCUT2D eigenvalue weighted by Gasteiger charge is 2.16. The molecular formula is C11H16BrNO2. The molecule has 84 valence electrons. The third kappa shape index (κ3) is 2.93. The molecule has 0 aliphatic heterocycles. The summed E-state index contributed by atoms with van der Waals surface area (Å²) in [5.41, 5.74) is 1.89. The Hall–Kier alpha value is -0.580. The summed E-state index contributed by atoms with van der Waals surface area (Å²) in [6, 6.07) is 3.88. The number of likely N-dealkylation sites (N-methyl/N-ethyl adjacent to an activating group) is 1. The van der Waals surface area contributed by atoms with Crippen LogP contribution in [0.4, 0.5) is 0 Å². The number of hydrogen-bond acceptors (Lipinski definition) is 3. The minimum atomic E-state index is -0.570. The number of aryl methyl sites for hydroxylation is 1. The first kappa shape index (κ1) is 12.5. The average Bonchev–Trinajstić information content (AvgIpc) is 2.16. The molecule has 0 bridgehead atoms. The van der Waals surface area contributed by atoms with Crippen LogP contribution in [0.25, 0.3) is 0 Å². The van der Waals surface area contributed by atoms with E-state index >= 15 is 0 Å². The third-order valence-corrected chi connectivity index (χ3v) is 2.84. The van der Waals surface area contributed by atoms with E-state index in [1.807, 2.05) is 19.1 Å². The van der Waals surface area contributed by atoms with Crippen molar-refractivity contribution in [2.75, 3.05) is 20.7 Å². The van der Waals surface area contributed by atoms with Crippen molar-refractivity contribution in [1.29, 1.82) is 0 Å². The lowest BCUT2D eigenvalue weighted by molar-refractivity contribution is 0.172. The molecule has 0 aliphatic carbocycles. The Morgan fingerprint density at radius 2 is 2.20 bits per heavy atom. The zero-order valence-electron chi connectivity index (χ0n) is 9.17. The van der Waals surface area contributed by atoms with Gasteiger partial charge in [0.25, 0.3) is 0 Å². The second-order valence-corrected chi connectivity index (χ2v) is 4.29. The first-order valence-electron chi connectivity index (χ1n) is 4.76. The Morgan fingerprint density at radius 1 is 1.53 bits per heavy atom. The summed E-state index contributed by atoms with van der Waals surface area (Å²) >= 11 is 3.44. The molecule has 15 heavy (non-hydrogen) atoms. The number of nitrogens with one attached hydrogen (secondary N) is 1. The molecule has 1 atom stereocenters. The molecule has 0 saturated heterocycles. The van der Waals surface area contributed by atoms with E-state index in [9.17, 15) is 5.11 Å². The third-order valence-electron chi connectivity index (χ3n) is 2.19. The van der Waals surface area contributed by atoms with E-state index < -0.39 is 6.10 Å². The second-order valence-electron chi connectivity index (χ2n) is 3.44. The van der Waals surface area contributed by atoms with E-state index in [-0.39, 0.29) is 0 Å². The van der Waals surface area contributed by atoms with Crippen LogP contribution in [-0.2, 0) is 0 Å². The molecule has 0 saturated carbocycles. The molecule has 0 fully saturated rings. The molecule has 0 spiro atoms. The number of methoxy groups -OCH3 is 1. The number of aliphatic hydroxyl groups is 1. The van der Waals surface area contributed by atoms with Gasteiger partial charge in [0.15, 0.2) is 0 Å². The standard InChI is InChI=1S/C11H16BrNO2/c1-7-4-8(12)11(9(14)6-13-2)10(5-7)15-3/h4-5,9,13-14H,6H2,1-3H3. The Labute approximate surface area is 98.6 Å². The summed E-state index contributed by atoms with van der Waals surface area (Å²) in [5.74, 6) is 0.713. The second kappa shape index (κ2) is 5.49. The molecule has 0 aliphatic rings. The van der Waals surface area contributed by atoms with Gasteiger partial charge in [0.1, 0.15) is 5.75 Å². The van der Waals surface area contributed by atoms with E-state index in [0.29, 0.717) is 12.3 Å². The summed E-state index contributed by atoms with van der Waals surface area (Å²) in [4.78, 5) is 0. The van der Waals surface area contributed by atoms with Crippen molar-refractivity contribution in [3.63, 3.8) is 0 Å². The first-order valence-corrected chi connectivity index (χ1v) is 5.56. The minimum Gasteiger partial charge on any atom is -0.496 e. The van der Waals surface area contributed by atoms with E-state index in [4.69, 9.17) is 4.74 Å². The Kier molecular flexibility index (Phi) is 4.57. The van der Waals surface area contributed by atoms with Gasteiger partial charge in [0.2, 0.25) is 0 Å². The van der Waals surface area contributed by atoms with Crippen LogP contribution in [0.3, 0.4) is 0 Å². The van der Waals surface area contributed by atoms with Crippen molar-refractivity contribution in [2.24, 2.45) is 0 Å². The summed E-state index contributed by atoms with van der Waals surface area (Å²) in [6.45, 7) is 2.49. The summed E-state index contributed by atoms with van der Waals surface area (Å²) in [7, 11) is 3.41. The molecule has 1 aromatic carbocycles. The summed E-state index contributed by atoms with van der Waals surface area (Å²) in [6.07, 6.45) is -0.570.